The predicted molar refractivity (Wildman–Crippen MR) is 91.3 cm³/mol. The molecule has 2 heteroatoms. The Balaban J connectivity index is 2.05. The minimum atomic E-state index is 0.0278. The molecular weight excluding hydrogens is 270 g/mol. The molecule has 120 valence electrons. The van der Waals surface area contributed by atoms with Crippen LogP contribution in [0.4, 0.5) is 0 Å². The third kappa shape index (κ3) is 2.42. The first kappa shape index (κ1) is 15.7. The number of hydrogen-bond donors (Lipinski definition) is 0. The van der Waals surface area contributed by atoms with Crippen LogP contribution >= 0.6 is 0 Å². The van der Waals surface area contributed by atoms with E-state index < -0.39 is 0 Å². The number of hydrogen-bond acceptors (Lipinski definition) is 2. The van der Waals surface area contributed by atoms with E-state index in [-0.39, 0.29) is 11.5 Å². The van der Waals surface area contributed by atoms with Gasteiger partial charge in [-0.05, 0) is 44.7 Å². The Morgan fingerprint density at radius 1 is 1.23 bits per heavy atom. The molecular formula is C20H29NO. The normalized spacial score (nSPS) is 32.8. The Bertz CT molecular complexity index is 552. The zero-order chi connectivity index (χ0) is 15.7. The summed E-state index contributed by atoms with van der Waals surface area (Å²) in [6, 6.07) is 8.86. The topological polar surface area (TPSA) is 20.3 Å². The van der Waals surface area contributed by atoms with Crippen molar-refractivity contribution >= 4 is 5.78 Å². The van der Waals surface area contributed by atoms with E-state index in [9.17, 15) is 4.79 Å². The molecule has 1 heterocycles. The van der Waals surface area contributed by atoms with Crippen LogP contribution < -0.4 is 0 Å². The first-order valence-electron chi connectivity index (χ1n) is 8.99. The van der Waals surface area contributed by atoms with Crippen molar-refractivity contribution < 1.29 is 4.79 Å². The molecule has 1 fully saturated rings. The summed E-state index contributed by atoms with van der Waals surface area (Å²) >= 11 is 0. The maximum absolute atomic E-state index is 13.0. The van der Waals surface area contributed by atoms with E-state index in [0.29, 0.717) is 11.8 Å². The van der Waals surface area contributed by atoms with Gasteiger partial charge in [-0.15, -0.1) is 0 Å². The number of likely N-dealkylation sites (tertiary alicyclic amines) is 1. The molecule has 0 spiro atoms. The van der Waals surface area contributed by atoms with Crippen molar-refractivity contribution in [3.8, 4) is 0 Å². The summed E-state index contributed by atoms with van der Waals surface area (Å²) in [5, 5.41) is 0. The van der Waals surface area contributed by atoms with E-state index in [0.717, 1.165) is 31.4 Å². The lowest BCUT2D eigenvalue weighted by molar-refractivity contribution is -0.0175. The zero-order valence-electron chi connectivity index (χ0n) is 14.3. The van der Waals surface area contributed by atoms with Crippen LogP contribution in [0.3, 0.4) is 0 Å². The number of rotatable bonds is 3. The average molecular weight is 299 g/mol. The van der Waals surface area contributed by atoms with Crippen LogP contribution in [0.5, 0.6) is 0 Å². The third-order valence-corrected chi connectivity index (χ3v) is 6.04. The molecule has 1 aromatic carbocycles. The van der Waals surface area contributed by atoms with Gasteiger partial charge in [-0.25, -0.2) is 0 Å². The number of Topliss-reactive ketones (excluding diaryl/α,β-unsaturated/α-hetero) is 1. The smallest absolute Gasteiger partial charge is 0.167 e. The van der Waals surface area contributed by atoms with Gasteiger partial charge < -0.3 is 0 Å². The number of carbonyl (C=O) groups excluding carboxylic acids is 1. The fourth-order valence-electron chi connectivity index (χ4n) is 4.87. The summed E-state index contributed by atoms with van der Waals surface area (Å²) in [5.41, 5.74) is 2.25. The van der Waals surface area contributed by atoms with Crippen LogP contribution in [-0.2, 0) is 6.42 Å². The molecule has 0 N–H and O–H groups in total. The second kappa shape index (κ2) is 6.16. The molecule has 2 aliphatic rings. The summed E-state index contributed by atoms with van der Waals surface area (Å²) in [5.74, 6) is 0.455. The second-order valence-corrected chi connectivity index (χ2v) is 7.31. The van der Waals surface area contributed by atoms with Crippen molar-refractivity contribution in [1.82, 2.24) is 4.90 Å². The number of nitrogens with zero attached hydrogens (tertiary/aromatic N) is 1. The molecule has 22 heavy (non-hydrogen) atoms. The van der Waals surface area contributed by atoms with E-state index in [1.807, 2.05) is 12.1 Å². The van der Waals surface area contributed by atoms with Crippen LogP contribution in [0.15, 0.2) is 24.3 Å². The van der Waals surface area contributed by atoms with Gasteiger partial charge in [0.1, 0.15) is 0 Å². The summed E-state index contributed by atoms with van der Waals surface area (Å²) in [7, 11) is 0. The van der Waals surface area contributed by atoms with Crippen LogP contribution in [-0.4, -0.2) is 28.8 Å². The molecule has 0 radical (unpaired) electrons. The highest BCUT2D eigenvalue weighted by molar-refractivity contribution is 6.01. The maximum atomic E-state index is 13.0. The van der Waals surface area contributed by atoms with E-state index in [1.165, 1.54) is 24.8 Å². The number of carbonyl (C=O) groups is 1. The van der Waals surface area contributed by atoms with Gasteiger partial charge in [0.05, 0.1) is 0 Å². The van der Waals surface area contributed by atoms with Crippen molar-refractivity contribution in [2.75, 3.05) is 6.54 Å². The number of piperidine rings is 1. The van der Waals surface area contributed by atoms with Crippen LogP contribution in [0, 0.1) is 5.92 Å². The molecule has 3 unspecified atom stereocenters. The molecule has 1 saturated heterocycles. The molecule has 0 saturated carbocycles. The van der Waals surface area contributed by atoms with Crippen LogP contribution in [0.2, 0.25) is 0 Å². The largest absolute Gasteiger partial charge is 0.294 e. The van der Waals surface area contributed by atoms with Gasteiger partial charge >= 0.3 is 0 Å². The van der Waals surface area contributed by atoms with E-state index in [4.69, 9.17) is 0 Å². The minimum Gasteiger partial charge on any atom is -0.294 e. The zero-order valence-corrected chi connectivity index (χ0v) is 14.3. The maximum Gasteiger partial charge on any atom is 0.167 e. The average Bonchev–Trinajstić information content (AvgIpc) is 2.53. The molecule has 0 aromatic heterocycles. The van der Waals surface area contributed by atoms with Crippen molar-refractivity contribution in [3.05, 3.63) is 35.4 Å². The van der Waals surface area contributed by atoms with Gasteiger partial charge in [0, 0.05) is 23.1 Å². The lowest BCUT2D eigenvalue weighted by Crippen LogP contribution is -2.62. The number of benzene rings is 1. The minimum absolute atomic E-state index is 0.0278. The van der Waals surface area contributed by atoms with Crippen molar-refractivity contribution in [3.63, 3.8) is 0 Å². The molecule has 1 aromatic rings. The van der Waals surface area contributed by atoms with E-state index >= 15 is 0 Å². The monoisotopic (exact) mass is 299 g/mol. The Labute approximate surface area is 134 Å². The van der Waals surface area contributed by atoms with E-state index in [1.54, 1.807) is 0 Å². The molecule has 0 bridgehead atoms. The Morgan fingerprint density at radius 3 is 2.73 bits per heavy atom. The highest BCUT2D eigenvalue weighted by atomic mass is 16.1. The van der Waals surface area contributed by atoms with Gasteiger partial charge in [0.25, 0.3) is 0 Å². The van der Waals surface area contributed by atoms with Crippen LogP contribution in [0.25, 0.3) is 0 Å². The van der Waals surface area contributed by atoms with Gasteiger partial charge in [-0.1, -0.05) is 51.0 Å². The second-order valence-electron chi connectivity index (χ2n) is 7.31. The summed E-state index contributed by atoms with van der Waals surface area (Å²) in [4.78, 5) is 15.7. The van der Waals surface area contributed by atoms with Crippen molar-refractivity contribution in [2.45, 2.75) is 70.9 Å². The summed E-state index contributed by atoms with van der Waals surface area (Å²) in [6.45, 7) is 7.94. The van der Waals surface area contributed by atoms with Gasteiger partial charge in [-0.3, -0.25) is 9.69 Å². The molecule has 1 aliphatic carbocycles. The molecule has 3 atom stereocenters. The Kier molecular flexibility index (Phi) is 4.40. The molecule has 3 rings (SSSR count). The fraction of sp³-hybridized carbons (Fsp3) is 0.650. The van der Waals surface area contributed by atoms with Crippen LogP contribution in [0.1, 0.15) is 68.8 Å². The summed E-state index contributed by atoms with van der Waals surface area (Å²) in [6.07, 6.45) is 7.18. The molecule has 2 nitrogen and oxygen atoms in total. The number of ketones is 1. The highest BCUT2D eigenvalue weighted by Crippen LogP contribution is 2.43. The first-order chi connectivity index (χ1) is 10.6. The molecule has 0 amide bonds. The Hall–Kier alpha value is -1.15. The van der Waals surface area contributed by atoms with Gasteiger partial charge in [-0.2, -0.15) is 0 Å². The highest BCUT2D eigenvalue weighted by Gasteiger charge is 2.49. The lowest BCUT2D eigenvalue weighted by Gasteiger charge is -2.54. The van der Waals surface area contributed by atoms with Crippen molar-refractivity contribution in [2.24, 2.45) is 5.92 Å². The SMILES string of the molecule is CCCC1(N2CCCCC2C)Cc2ccccc2C(=O)C1C. The quantitative estimate of drug-likeness (QED) is 0.820. The fourth-order valence-corrected chi connectivity index (χ4v) is 4.87. The number of fused-ring (bicyclic) bond motifs is 1. The van der Waals surface area contributed by atoms with Crippen molar-refractivity contribution in [1.29, 1.82) is 0 Å². The van der Waals surface area contributed by atoms with E-state index in [2.05, 4.69) is 37.8 Å². The third-order valence-electron chi connectivity index (χ3n) is 6.04. The Morgan fingerprint density at radius 2 is 2.00 bits per heavy atom. The molecule has 1 aliphatic heterocycles. The predicted octanol–water partition coefficient (Wildman–Crippen LogP) is 4.47. The van der Waals surface area contributed by atoms with Gasteiger partial charge in [0.15, 0.2) is 5.78 Å². The lowest BCUT2D eigenvalue weighted by atomic mass is 9.66. The summed E-state index contributed by atoms with van der Waals surface area (Å²) < 4.78 is 0. The standard InChI is InChI=1S/C20H29NO/c1-4-12-20(21-13-8-7-9-15(21)2)14-17-10-5-6-11-18(17)19(22)16(20)3/h5-6,10-11,15-16H,4,7-9,12-14H2,1-3H3. The van der Waals surface area contributed by atoms with Gasteiger partial charge in [0.2, 0.25) is 0 Å². The first-order valence-corrected chi connectivity index (χ1v) is 8.99.